The van der Waals surface area contributed by atoms with Gasteiger partial charge in [0, 0.05) is 53.5 Å². The molecule has 10 heteroatoms. The third-order valence-electron chi connectivity index (χ3n) is 12.9. The number of amides is 1. The van der Waals surface area contributed by atoms with E-state index in [0.29, 0.717) is 42.8 Å². The summed E-state index contributed by atoms with van der Waals surface area (Å²) in [7, 11) is -2.92. The van der Waals surface area contributed by atoms with Gasteiger partial charge in [-0.05, 0) is 117 Å². The van der Waals surface area contributed by atoms with E-state index < -0.39 is 9.71 Å². The summed E-state index contributed by atoms with van der Waals surface area (Å²) in [5.41, 5.74) is 3.81. The Balaban J connectivity index is 1.13. The number of halogens is 1. The number of carbonyl (C=O) groups excluding carboxylic acids is 1. The molecule has 2 saturated heterocycles. The molecule has 8 rings (SSSR count). The zero-order valence-electron chi connectivity index (χ0n) is 29.5. The molecule has 0 radical (unpaired) electrons. The number of rotatable bonds is 4. The number of carbonyl (C=O) groups is 1. The topological polar surface area (TPSA) is 80.3 Å². The molecule has 9 atom stereocenters. The van der Waals surface area contributed by atoms with Crippen LogP contribution >= 0.6 is 11.6 Å². The van der Waals surface area contributed by atoms with Crippen LogP contribution in [-0.4, -0.2) is 90.4 Å². The molecule has 1 amide bonds. The minimum atomic E-state index is -2.92. The second-order valence-corrected chi connectivity index (χ2v) is 18.8. The summed E-state index contributed by atoms with van der Waals surface area (Å²) in [4.78, 5) is 18.7. The molecule has 0 aromatic heterocycles. The van der Waals surface area contributed by atoms with Gasteiger partial charge in [0.1, 0.15) is 5.75 Å². The van der Waals surface area contributed by atoms with Crippen LogP contribution in [0.15, 0.2) is 48.6 Å². The lowest BCUT2D eigenvalue weighted by atomic mass is 9.68. The van der Waals surface area contributed by atoms with Crippen LogP contribution in [0, 0.1) is 17.8 Å². The molecular formula is C40H52ClN3O5S. The largest absolute Gasteiger partial charge is 0.490 e. The maximum Gasteiger partial charge on any atom is 0.262 e. The predicted molar refractivity (Wildman–Crippen MR) is 201 cm³/mol. The van der Waals surface area contributed by atoms with Gasteiger partial charge in [-0.2, -0.15) is 0 Å². The molecule has 1 N–H and O–H groups in total. The third-order valence-corrected chi connectivity index (χ3v) is 15.3. The van der Waals surface area contributed by atoms with Crippen LogP contribution in [0.3, 0.4) is 0 Å². The Bertz CT molecular complexity index is 1750. The van der Waals surface area contributed by atoms with Gasteiger partial charge in [-0.1, -0.05) is 36.7 Å². The second kappa shape index (κ2) is 13.8. The SMILES string of the molecule is C=S1(=O)NC(=O)c2ccc3c(c2)N(C[C@@H]2CC[C@H]2[C@@H](OCCN2C[C@@H]4C[C@H]2CO4)/C=C/C[C@H](C)[C@H]1C)C[C@@]1(CCCc2cc(Cl)ccc21)CO3. The van der Waals surface area contributed by atoms with Crippen molar-refractivity contribution in [2.24, 2.45) is 17.8 Å². The Kier molecular flexibility index (Phi) is 9.51. The molecule has 8 nitrogen and oxygen atoms in total. The standard InChI is InChI=1S/C40H52ClN3O5S/c1-26-6-4-8-37(47-17-16-43-22-33-20-32(43)23-48-33)34-12-9-30(34)21-44-24-40(15-5-7-28-18-31(41)11-13-35(28)40)25-49-38-14-10-29(19-36(38)44)39(45)42-50(3,46)27(26)2/h4,8,10-11,13-14,18-19,26-27,30,32-34,37H,3,5-7,9,12,15-17,20-25H2,1-2H3,(H,42,45,46)/b8-4+/t26-,27+,30-,32-,33-,34+,37-,40-,50?/m0/s1. The molecule has 1 spiro atoms. The zero-order chi connectivity index (χ0) is 34.6. The van der Waals surface area contributed by atoms with Gasteiger partial charge in [-0.3, -0.25) is 14.4 Å². The number of allylic oxidation sites excluding steroid dienone is 1. The van der Waals surface area contributed by atoms with Crippen molar-refractivity contribution in [3.63, 3.8) is 0 Å². The van der Waals surface area contributed by atoms with E-state index in [9.17, 15) is 9.00 Å². The lowest BCUT2D eigenvalue weighted by Gasteiger charge is -2.46. The van der Waals surface area contributed by atoms with Crippen LogP contribution in [0.1, 0.15) is 73.9 Å². The fourth-order valence-electron chi connectivity index (χ4n) is 9.48. The number of fused-ring (bicyclic) bond motifs is 6. The Morgan fingerprint density at radius 1 is 1.16 bits per heavy atom. The Morgan fingerprint density at radius 3 is 2.82 bits per heavy atom. The summed E-state index contributed by atoms with van der Waals surface area (Å²) in [6, 6.07) is 12.5. The van der Waals surface area contributed by atoms with Gasteiger partial charge in [-0.15, -0.1) is 0 Å². The van der Waals surface area contributed by atoms with Crippen molar-refractivity contribution in [3.8, 4) is 5.75 Å². The normalized spacial score (nSPS) is 37.6. The smallest absolute Gasteiger partial charge is 0.262 e. The highest BCUT2D eigenvalue weighted by atomic mass is 35.5. The number of benzene rings is 2. The molecule has 2 aliphatic carbocycles. The minimum Gasteiger partial charge on any atom is -0.490 e. The molecule has 1 saturated carbocycles. The van der Waals surface area contributed by atoms with Gasteiger partial charge in [-0.25, -0.2) is 4.21 Å². The highest BCUT2D eigenvalue weighted by Crippen LogP contribution is 2.47. The Labute approximate surface area is 303 Å². The summed E-state index contributed by atoms with van der Waals surface area (Å²) in [6.07, 6.45) is 12.1. The lowest BCUT2D eigenvalue weighted by Crippen LogP contribution is -2.50. The maximum atomic E-state index is 13.9. The van der Waals surface area contributed by atoms with Crippen LogP contribution in [0.4, 0.5) is 5.69 Å². The van der Waals surface area contributed by atoms with E-state index in [-0.39, 0.29) is 28.6 Å². The van der Waals surface area contributed by atoms with E-state index in [1.54, 1.807) is 6.07 Å². The van der Waals surface area contributed by atoms with Crippen molar-refractivity contribution in [1.82, 2.24) is 9.62 Å². The van der Waals surface area contributed by atoms with Crippen LogP contribution in [0.2, 0.25) is 5.02 Å². The number of aryl methyl sites for hydroxylation is 1. The van der Waals surface area contributed by atoms with Crippen molar-refractivity contribution >= 4 is 38.8 Å². The van der Waals surface area contributed by atoms with Gasteiger partial charge in [0.15, 0.2) is 0 Å². The van der Waals surface area contributed by atoms with E-state index in [0.717, 1.165) is 94.2 Å². The molecule has 270 valence electrons. The first-order valence-corrected chi connectivity index (χ1v) is 20.9. The number of likely N-dealkylation sites (tertiary alicyclic amines) is 1. The van der Waals surface area contributed by atoms with Crippen LogP contribution < -0.4 is 14.4 Å². The molecule has 1 unspecified atom stereocenters. The molecule has 4 aliphatic heterocycles. The van der Waals surface area contributed by atoms with Crippen LogP contribution in [-0.2, 0) is 31.0 Å². The number of hydrogen-bond acceptors (Lipinski definition) is 7. The van der Waals surface area contributed by atoms with Crippen molar-refractivity contribution in [1.29, 1.82) is 0 Å². The van der Waals surface area contributed by atoms with E-state index in [1.807, 2.05) is 25.1 Å². The number of nitrogens with one attached hydrogen (secondary N) is 1. The summed E-state index contributed by atoms with van der Waals surface area (Å²) < 4.78 is 36.1. The first kappa shape index (κ1) is 34.5. The number of anilines is 1. The Hall–Kier alpha value is -2.56. The quantitative estimate of drug-likeness (QED) is 0.305. The van der Waals surface area contributed by atoms with Crippen molar-refractivity contribution in [2.45, 2.75) is 87.7 Å². The maximum absolute atomic E-state index is 13.9. The fourth-order valence-corrected chi connectivity index (χ4v) is 11.2. The number of ether oxygens (including phenoxy) is 3. The Morgan fingerprint density at radius 2 is 2.04 bits per heavy atom. The highest BCUT2D eigenvalue weighted by Gasteiger charge is 2.45. The van der Waals surface area contributed by atoms with Gasteiger partial charge in [0.2, 0.25) is 0 Å². The van der Waals surface area contributed by atoms with E-state index in [2.05, 4.69) is 51.6 Å². The van der Waals surface area contributed by atoms with E-state index in [4.69, 9.17) is 25.8 Å². The average Bonchev–Trinajstić information content (AvgIpc) is 3.67. The third kappa shape index (κ3) is 6.62. The summed E-state index contributed by atoms with van der Waals surface area (Å²) >= 11 is 6.49. The zero-order valence-corrected chi connectivity index (χ0v) is 31.1. The summed E-state index contributed by atoms with van der Waals surface area (Å²) in [6.45, 7) is 9.67. The van der Waals surface area contributed by atoms with Gasteiger partial charge in [0.25, 0.3) is 5.91 Å². The fraction of sp³-hybridized carbons (Fsp3) is 0.600. The number of hydrogen-bond donors (Lipinski definition) is 1. The molecule has 4 bridgehead atoms. The minimum absolute atomic E-state index is 0.00422. The van der Waals surface area contributed by atoms with Crippen LogP contribution in [0.5, 0.6) is 5.75 Å². The predicted octanol–water partition coefficient (Wildman–Crippen LogP) is 6.04. The molecule has 2 aromatic carbocycles. The van der Waals surface area contributed by atoms with Crippen molar-refractivity contribution in [2.75, 3.05) is 50.9 Å². The van der Waals surface area contributed by atoms with E-state index in [1.165, 1.54) is 11.1 Å². The molecule has 50 heavy (non-hydrogen) atoms. The summed E-state index contributed by atoms with van der Waals surface area (Å²) in [5.74, 6) is 5.33. The summed E-state index contributed by atoms with van der Waals surface area (Å²) in [5, 5.41) is 0.458. The van der Waals surface area contributed by atoms with Crippen LogP contribution in [0.25, 0.3) is 0 Å². The molecule has 3 fully saturated rings. The molecule has 4 heterocycles. The number of morpholine rings is 1. The van der Waals surface area contributed by atoms with Gasteiger partial charge in [0.05, 0.1) is 47.4 Å². The first-order chi connectivity index (χ1) is 24.1. The second-order valence-electron chi connectivity index (χ2n) is 16.0. The van der Waals surface area contributed by atoms with Gasteiger partial charge < -0.3 is 19.1 Å². The molecule has 2 aromatic rings. The van der Waals surface area contributed by atoms with Gasteiger partial charge >= 0.3 is 0 Å². The lowest BCUT2D eigenvalue weighted by molar-refractivity contribution is -0.0323. The molecular weight excluding hydrogens is 670 g/mol. The molecule has 6 aliphatic rings. The van der Waals surface area contributed by atoms with Crippen molar-refractivity contribution < 1.29 is 23.2 Å². The number of nitrogens with zero attached hydrogens (tertiary/aromatic N) is 2. The highest BCUT2D eigenvalue weighted by molar-refractivity contribution is 7.99. The monoisotopic (exact) mass is 721 g/mol. The van der Waals surface area contributed by atoms with E-state index >= 15 is 0 Å². The van der Waals surface area contributed by atoms with Crippen molar-refractivity contribution in [3.05, 3.63) is 70.3 Å². The first-order valence-electron chi connectivity index (χ1n) is 18.7. The average molecular weight is 722 g/mol.